The van der Waals surface area contributed by atoms with Crippen LogP contribution in [0.4, 0.5) is 4.39 Å². The predicted molar refractivity (Wildman–Crippen MR) is 78.7 cm³/mol. The van der Waals surface area contributed by atoms with Gasteiger partial charge in [-0.1, -0.05) is 18.2 Å². The van der Waals surface area contributed by atoms with Crippen molar-refractivity contribution in [1.29, 1.82) is 5.26 Å². The molecule has 0 saturated carbocycles. The largest absolute Gasteiger partial charge is 0.481 e. The van der Waals surface area contributed by atoms with Crippen LogP contribution in [0.25, 0.3) is 0 Å². The minimum Gasteiger partial charge on any atom is -0.481 e. The van der Waals surface area contributed by atoms with Crippen molar-refractivity contribution in [2.24, 2.45) is 0 Å². The molecule has 0 aliphatic heterocycles. The van der Waals surface area contributed by atoms with Gasteiger partial charge in [-0.2, -0.15) is 5.26 Å². The lowest BCUT2D eigenvalue weighted by molar-refractivity contribution is -0.123. The summed E-state index contributed by atoms with van der Waals surface area (Å²) >= 11 is 0. The first kappa shape index (κ1) is 16.0. The fourth-order valence-corrected chi connectivity index (χ4v) is 1.67. The Bertz CT molecular complexity index is 771. The van der Waals surface area contributed by atoms with Crippen molar-refractivity contribution in [2.75, 3.05) is 6.61 Å². The molecular weight excluding hydrogens is 301 g/mol. The van der Waals surface area contributed by atoms with Gasteiger partial charge in [-0.15, -0.1) is 0 Å². The van der Waals surface area contributed by atoms with Crippen LogP contribution in [-0.4, -0.2) is 18.4 Å². The van der Waals surface area contributed by atoms with Crippen molar-refractivity contribution in [3.8, 4) is 11.8 Å². The zero-order chi connectivity index (χ0) is 16.7. The molecular formula is C16H12FN3O3. The summed E-state index contributed by atoms with van der Waals surface area (Å²) in [7, 11) is 0. The molecule has 0 aromatic heterocycles. The molecule has 0 heterocycles. The summed E-state index contributed by atoms with van der Waals surface area (Å²) in [5.74, 6) is -1.88. The molecule has 0 unspecified atom stereocenters. The number of benzene rings is 2. The third kappa shape index (κ3) is 4.54. The molecule has 0 saturated heterocycles. The Balaban J connectivity index is 1.83. The van der Waals surface area contributed by atoms with Gasteiger partial charge < -0.3 is 4.74 Å². The zero-order valence-corrected chi connectivity index (χ0v) is 11.9. The standard InChI is InChI=1S/C16H12FN3O3/c17-13-6-1-2-7-14(13)23-10-15(21)19-20-16(22)12-5-3-4-11(8-12)9-18/h1-8H,10H2,(H,19,21)(H,20,22). The van der Waals surface area contributed by atoms with Crippen molar-refractivity contribution in [1.82, 2.24) is 10.9 Å². The first-order chi connectivity index (χ1) is 11.1. The number of hydrogen-bond donors (Lipinski definition) is 2. The van der Waals surface area contributed by atoms with E-state index < -0.39 is 24.2 Å². The molecule has 0 fully saturated rings. The highest BCUT2D eigenvalue weighted by atomic mass is 19.1. The van der Waals surface area contributed by atoms with Crippen LogP contribution in [0, 0.1) is 17.1 Å². The van der Waals surface area contributed by atoms with Crippen molar-refractivity contribution in [3.05, 3.63) is 65.5 Å². The third-order valence-electron chi connectivity index (χ3n) is 2.76. The average molecular weight is 313 g/mol. The molecule has 6 nitrogen and oxygen atoms in total. The number of nitrogens with one attached hydrogen (secondary N) is 2. The molecule has 7 heteroatoms. The fraction of sp³-hybridized carbons (Fsp3) is 0.0625. The molecule has 2 N–H and O–H groups in total. The van der Waals surface area contributed by atoms with Crippen LogP contribution in [0.3, 0.4) is 0 Å². The summed E-state index contributed by atoms with van der Waals surface area (Å²) in [6.45, 7) is -0.459. The van der Waals surface area contributed by atoms with E-state index in [4.69, 9.17) is 10.00 Å². The van der Waals surface area contributed by atoms with Gasteiger partial charge in [0.15, 0.2) is 18.2 Å². The van der Waals surface area contributed by atoms with E-state index >= 15 is 0 Å². The number of halogens is 1. The minimum absolute atomic E-state index is 0.0595. The van der Waals surface area contributed by atoms with E-state index in [1.165, 1.54) is 30.3 Å². The summed E-state index contributed by atoms with van der Waals surface area (Å²) in [5, 5.41) is 8.76. The number of hydrazine groups is 1. The Morgan fingerprint density at radius 1 is 1.13 bits per heavy atom. The van der Waals surface area contributed by atoms with Gasteiger partial charge in [-0.3, -0.25) is 20.4 Å². The lowest BCUT2D eigenvalue weighted by Crippen LogP contribution is -2.43. The van der Waals surface area contributed by atoms with Crippen LogP contribution in [-0.2, 0) is 4.79 Å². The topological polar surface area (TPSA) is 91.2 Å². The molecule has 2 rings (SSSR count). The van der Waals surface area contributed by atoms with Gasteiger partial charge in [0, 0.05) is 5.56 Å². The van der Waals surface area contributed by atoms with Crippen LogP contribution in [0.5, 0.6) is 5.75 Å². The number of carbonyl (C=O) groups is 2. The number of amides is 2. The van der Waals surface area contributed by atoms with Gasteiger partial charge in [0.2, 0.25) is 0 Å². The van der Waals surface area contributed by atoms with Gasteiger partial charge >= 0.3 is 0 Å². The Labute approximate surface area is 131 Å². The lowest BCUT2D eigenvalue weighted by atomic mass is 10.1. The van der Waals surface area contributed by atoms with Crippen LogP contribution in [0.1, 0.15) is 15.9 Å². The number of ether oxygens (including phenoxy) is 1. The zero-order valence-electron chi connectivity index (χ0n) is 11.9. The number of para-hydroxylation sites is 1. The summed E-state index contributed by atoms with van der Waals surface area (Å²) in [5.41, 5.74) is 4.87. The number of nitrogens with zero attached hydrogens (tertiary/aromatic N) is 1. The van der Waals surface area contributed by atoms with Gasteiger partial charge in [0.05, 0.1) is 11.6 Å². The fourth-order valence-electron chi connectivity index (χ4n) is 1.67. The SMILES string of the molecule is N#Cc1cccc(C(=O)NNC(=O)COc2ccccc2F)c1. The van der Waals surface area contributed by atoms with Crippen molar-refractivity contribution < 1.29 is 18.7 Å². The smallest absolute Gasteiger partial charge is 0.276 e. The predicted octanol–water partition coefficient (Wildman–Crippen LogP) is 1.54. The van der Waals surface area contributed by atoms with Crippen LogP contribution >= 0.6 is 0 Å². The molecule has 0 atom stereocenters. The molecule has 0 aliphatic carbocycles. The van der Waals surface area contributed by atoms with Gasteiger partial charge in [-0.25, -0.2) is 4.39 Å². The first-order valence-electron chi connectivity index (χ1n) is 6.57. The number of nitriles is 1. The van der Waals surface area contributed by atoms with Crippen LogP contribution in [0.2, 0.25) is 0 Å². The molecule has 2 aromatic rings. The maximum absolute atomic E-state index is 13.3. The van der Waals surface area contributed by atoms with E-state index in [0.29, 0.717) is 5.56 Å². The van der Waals surface area contributed by atoms with Gasteiger partial charge in [0.25, 0.3) is 11.8 Å². The van der Waals surface area contributed by atoms with E-state index in [1.54, 1.807) is 18.2 Å². The Morgan fingerprint density at radius 3 is 2.65 bits per heavy atom. The monoisotopic (exact) mass is 313 g/mol. The molecule has 0 spiro atoms. The maximum atomic E-state index is 13.3. The Morgan fingerprint density at radius 2 is 1.91 bits per heavy atom. The second-order valence-electron chi connectivity index (χ2n) is 4.41. The van der Waals surface area contributed by atoms with Crippen molar-refractivity contribution in [3.63, 3.8) is 0 Å². The van der Waals surface area contributed by atoms with E-state index in [0.717, 1.165) is 0 Å². The van der Waals surface area contributed by atoms with E-state index in [2.05, 4.69) is 10.9 Å². The van der Waals surface area contributed by atoms with E-state index in [-0.39, 0.29) is 11.3 Å². The molecule has 2 amide bonds. The summed E-state index contributed by atoms with van der Waals surface area (Å²) in [6, 6.07) is 13.6. The highest BCUT2D eigenvalue weighted by molar-refractivity contribution is 5.95. The van der Waals surface area contributed by atoms with Crippen LogP contribution < -0.4 is 15.6 Å². The second kappa shape index (κ2) is 7.56. The van der Waals surface area contributed by atoms with Crippen molar-refractivity contribution in [2.45, 2.75) is 0 Å². The highest BCUT2D eigenvalue weighted by Crippen LogP contribution is 2.14. The number of hydrogen-bond acceptors (Lipinski definition) is 4. The van der Waals surface area contributed by atoms with Crippen molar-refractivity contribution >= 4 is 11.8 Å². The van der Waals surface area contributed by atoms with E-state index in [1.807, 2.05) is 6.07 Å². The average Bonchev–Trinajstić information content (AvgIpc) is 2.59. The number of carbonyl (C=O) groups excluding carboxylic acids is 2. The minimum atomic E-state index is -0.655. The summed E-state index contributed by atoms with van der Waals surface area (Å²) < 4.78 is 18.3. The van der Waals surface area contributed by atoms with Gasteiger partial charge in [-0.05, 0) is 30.3 Å². The quantitative estimate of drug-likeness (QED) is 0.838. The molecule has 0 aliphatic rings. The molecule has 0 radical (unpaired) electrons. The third-order valence-corrected chi connectivity index (χ3v) is 2.76. The molecule has 2 aromatic carbocycles. The Hall–Kier alpha value is -3.40. The lowest BCUT2D eigenvalue weighted by Gasteiger charge is -2.09. The summed E-state index contributed by atoms with van der Waals surface area (Å²) in [6.07, 6.45) is 0. The molecule has 116 valence electrons. The summed E-state index contributed by atoms with van der Waals surface area (Å²) in [4.78, 5) is 23.4. The maximum Gasteiger partial charge on any atom is 0.276 e. The normalized spacial score (nSPS) is 9.57. The second-order valence-corrected chi connectivity index (χ2v) is 4.41. The number of rotatable bonds is 4. The molecule has 23 heavy (non-hydrogen) atoms. The van der Waals surface area contributed by atoms with Crippen LogP contribution in [0.15, 0.2) is 48.5 Å². The molecule has 0 bridgehead atoms. The first-order valence-corrected chi connectivity index (χ1v) is 6.57. The van der Waals surface area contributed by atoms with Gasteiger partial charge in [0.1, 0.15) is 0 Å². The Kier molecular flexibility index (Phi) is 5.25. The highest BCUT2D eigenvalue weighted by Gasteiger charge is 2.09. The van der Waals surface area contributed by atoms with E-state index in [9.17, 15) is 14.0 Å².